The minimum absolute atomic E-state index is 0.169. The van der Waals surface area contributed by atoms with Gasteiger partial charge in [-0.1, -0.05) is 11.6 Å². The molecule has 1 heterocycles. The number of hydrogen-bond donors (Lipinski definition) is 0. The minimum atomic E-state index is -4.98. The molecule has 0 bridgehead atoms. The summed E-state index contributed by atoms with van der Waals surface area (Å²) in [6, 6.07) is 1.08. The second kappa shape index (κ2) is 3.61. The van der Waals surface area contributed by atoms with E-state index in [1.165, 1.54) is 6.92 Å². The van der Waals surface area contributed by atoms with Crippen LogP contribution in [-0.4, -0.2) is 11.3 Å². The van der Waals surface area contributed by atoms with Crippen LogP contribution in [0, 0.1) is 12.9 Å². The summed E-state index contributed by atoms with van der Waals surface area (Å²) in [4.78, 5) is 3.14. The largest absolute Gasteiger partial charge is 0.573 e. The highest BCUT2D eigenvalue weighted by Crippen LogP contribution is 2.31. The third-order valence-corrected chi connectivity index (χ3v) is 1.51. The van der Waals surface area contributed by atoms with E-state index in [0.29, 0.717) is 0 Å². The molecule has 0 saturated carbocycles. The first kappa shape index (κ1) is 11.0. The fourth-order valence-corrected chi connectivity index (χ4v) is 1.07. The third kappa shape index (κ3) is 2.73. The molecule has 14 heavy (non-hydrogen) atoms. The van der Waals surface area contributed by atoms with E-state index in [2.05, 4.69) is 9.72 Å². The van der Waals surface area contributed by atoms with Crippen LogP contribution in [0.4, 0.5) is 17.6 Å². The molecule has 0 saturated heterocycles. The number of alkyl halides is 3. The molecular weight excluding hydrogens is 226 g/mol. The Labute approximate surface area is 81.5 Å². The Kier molecular flexibility index (Phi) is 2.84. The molecule has 0 aromatic carbocycles. The van der Waals surface area contributed by atoms with E-state index in [9.17, 15) is 17.6 Å². The maximum atomic E-state index is 12.8. The molecule has 1 aromatic heterocycles. The lowest BCUT2D eigenvalue weighted by Gasteiger charge is -2.10. The molecule has 0 amide bonds. The first-order valence-corrected chi connectivity index (χ1v) is 3.76. The second-order valence-corrected chi connectivity index (χ2v) is 2.82. The van der Waals surface area contributed by atoms with Gasteiger partial charge < -0.3 is 4.74 Å². The lowest BCUT2D eigenvalue weighted by atomic mass is 10.3. The van der Waals surface area contributed by atoms with Crippen LogP contribution in [0.2, 0.25) is 5.02 Å². The quantitative estimate of drug-likeness (QED) is 0.545. The SMILES string of the molecule is Cc1cc(Cl)c(OC(F)(F)F)c(F)n1. The smallest absolute Gasteiger partial charge is 0.399 e. The number of hydrogen-bond acceptors (Lipinski definition) is 2. The zero-order valence-electron chi connectivity index (χ0n) is 6.82. The van der Waals surface area contributed by atoms with Crippen molar-refractivity contribution >= 4 is 11.6 Å². The third-order valence-electron chi connectivity index (χ3n) is 1.23. The Morgan fingerprint density at radius 3 is 2.43 bits per heavy atom. The van der Waals surface area contributed by atoms with Gasteiger partial charge in [-0.25, -0.2) is 4.98 Å². The summed E-state index contributed by atoms with van der Waals surface area (Å²) in [6.07, 6.45) is -4.98. The van der Waals surface area contributed by atoms with Gasteiger partial charge in [-0.15, -0.1) is 13.2 Å². The summed E-state index contributed by atoms with van der Waals surface area (Å²) in [5.41, 5.74) is 0.169. The van der Waals surface area contributed by atoms with E-state index < -0.39 is 23.1 Å². The topological polar surface area (TPSA) is 22.1 Å². The van der Waals surface area contributed by atoms with Gasteiger partial charge in [0.15, 0.2) is 0 Å². The Hall–Kier alpha value is -1.04. The van der Waals surface area contributed by atoms with E-state index in [-0.39, 0.29) is 5.69 Å². The van der Waals surface area contributed by atoms with Gasteiger partial charge in [0.05, 0.1) is 5.02 Å². The number of aryl methyl sites for hydroxylation is 1. The predicted octanol–water partition coefficient (Wildman–Crippen LogP) is 3.08. The predicted molar refractivity (Wildman–Crippen MR) is 40.6 cm³/mol. The number of aromatic nitrogens is 1. The molecule has 78 valence electrons. The van der Waals surface area contributed by atoms with Gasteiger partial charge >= 0.3 is 6.36 Å². The van der Waals surface area contributed by atoms with Crippen molar-refractivity contribution in [1.82, 2.24) is 4.98 Å². The van der Waals surface area contributed by atoms with Gasteiger partial charge in [0.25, 0.3) is 5.95 Å². The summed E-state index contributed by atoms with van der Waals surface area (Å²) in [6.45, 7) is 1.40. The van der Waals surface area contributed by atoms with Crippen molar-refractivity contribution in [2.75, 3.05) is 0 Å². The van der Waals surface area contributed by atoms with Gasteiger partial charge in [-0.05, 0) is 13.0 Å². The monoisotopic (exact) mass is 229 g/mol. The number of pyridine rings is 1. The standard InChI is InChI=1S/C7H4ClF4NO/c1-3-2-4(8)5(6(9)13-3)14-7(10,11)12/h2H,1H3. The summed E-state index contributed by atoms with van der Waals surface area (Å²) in [7, 11) is 0. The molecule has 0 aliphatic heterocycles. The fraction of sp³-hybridized carbons (Fsp3) is 0.286. The number of ether oxygens (including phenoxy) is 1. The average molecular weight is 230 g/mol. The summed E-state index contributed by atoms with van der Waals surface area (Å²) >= 11 is 5.34. The van der Waals surface area contributed by atoms with Crippen molar-refractivity contribution in [3.8, 4) is 5.75 Å². The van der Waals surface area contributed by atoms with Gasteiger partial charge in [0.2, 0.25) is 5.75 Å². The van der Waals surface area contributed by atoms with Gasteiger partial charge in [0.1, 0.15) is 0 Å². The maximum Gasteiger partial charge on any atom is 0.573 e. The van der Waals surface area contributed by atoms with E-state index in [1.54, 1.807) is 0 Å². The highest BCUT2D eigenvalue weighted by atomic mass is 35.5. The van der Waals surface area contributed by atoms with Crippen molar-refractivity contribution in [3.63, 3.8) is 0 Å². The van der Waals surface area contributed by atoms with Crippen molar-refractivity contribution in [3.05, 3.63) is 22.7 Å². The molecule has 0 aliphatic rings. The number of halogens is 5. The lowest BCUT2D eigenvalue weighted by Crippen LogP contribution is -2.18. The molecule has 0 aliphatic carbocycles. The van der Waals surface area contributed by atoms with Crippen molar-refractivity contribution < 1.29 is 22.3 Å². The second-order valence-electron chi connectivity index (χ2n) is 2.41. The lowest BCUT2D eigenvalue weighted by molar-refractivity contribution is -0.275. The first-order valence-electron chi connectivity index (χ1n) is 3.38. The highest BCUT2D eigenvalue weighted by Gasteiger charge is 2.34. The molecule has 0 fully saturated rings. The molecule has 0 N–H and O–H groups in total. The number of rotatable bonds is 1. The fourth-order valence-electron chi connectivity index (χ4n) is 0.792. The molecule has 2 nitrogen and oxygen atoms in total. The first-order chi connectivity index (χ1) is 6.29. The zero-order chi connectivity index (χ0) is 10.9. The molecule has 7 heteroatoms. The van der Waals surface area contributed by atoms with Crippen LogP contribution in [0.5, 0.6) is 5.75 Å². The van der Waals surface area contributed by atoms with Gasteiger partial charge in [-0.3, -0.25) is 0 Å². The maximum absolute atomic E-state index is 12.8. The minimum Gasteiger partial charge on any atom is -0.399 e. The molecule has 1 rings (SSSR count). The van der Waals surface area contributed by atoms with E-state index in [4.69, 9.17) is 11.6 Å². The van der Waals surface area contributed by atoms with Crippen LogP contribution in [0.25, 0.3) is 0 Å². The molecule has 0 spiro atoms. The van der Waals surface area contributed by atoms with Gasteiger partial charge in [-0.2, -0.15) is 4.39 Å². The molecule has 0 radical (unpaired) electrons. The van der Waals surface area contributed by atoms with E-state index in [1.807, 2.05) is 0 Å². The molecule has 0 unspecified atom stereocenters. The Balaban J connectivity index is 3.09. The normalized spacial score (nSPS) is 11.6. The Morgan fingerprint density at radius 2 is 2.00 bits per heavy atom. The summed E-state index contributed by atoms with van der Waals surface area (Å²) < 4.78 is 51.3. The van der Waals surface area contributed by atoms with Gasteiger partial charge in [0, 0.05) is 5.69 Å². The Bertz CT molecular complexity index is 329. The summed E-state index contributed by atoms with van der Waals surface area (Å²) in [5.74, 6) is -2.49. The van der Waals surface area contributed by atoms with E-state index in [0.717, 1.165) is 6.07 Å². The van der Waals surface area contributed by atoms with Crippen LogP contribution in [0.1, 0.15) is 5.69 Å². The van der Waals surface area contributed by atoms with Crippen LogP contribution >= 0.6 is 11.6 Å². The average Bonchev–Trinajstić information content (AvgIpc) is 1.95. The number of nitrogens with zero attached hydrogens (tertiary/aromatic N) is 1. The van der Waals surface area contributed by atoms with Crippen LogP contribution in [0.15, 0.2) is 6.07 Å². The molecular formula is C7H4ClF4NO. The Morgan fingerprint density at radius 1 is 1.43 bits per heavy atom. The highest BCUT2D eigenvalue weighted by molar-refractivity contribution is 6.32. The van der Waals surface area contributed by atoms with Crippen LogP contribution in [0.3, 0.4) is 0 Å². The van der Waals surface area contributed by atoms with E-state index >= 15 is 0 Å². The van der Waals surface area contributed by atoms with Crippen LogP contribution < -0.4 is 4.74 Å². The zero-order valence-corrected chi connectivity index (χ0v) is 7.58. The molecule has 1 aromatic rings. The van der Waals surface area contributed by atoms with Crippen LogP contribution in [-0.2, 0) is 0 Å². The van der Waals surface area contributed by atoms with Crippen molar-refractivity contribution in [2.24, 2.45) is 0 Å². The molecule has 0 atom stereocenters. The van der Waals surface area contributed by atoms with Crippen molar-refractivity contribution in [1.29, 1.82) is 0 Å². The summed E-state index contributed by atoms with van der Waals surface area (Å²) in [5, 5.41) is -0.465. The van der Waals surface area contributed by atoms with Crippen molar-refractivity contribution in [2.45, 2.75) is 13.3 Å².